The topological polar surface area (TPSA) is 61.8 Å². The van der Waals surface area contributed by atoms with E-state index >= 15 is 0 Å². The van der Waals surface area contributed by atoms with Crippen LogP contribution in [0.5, 0.6) is 11.5 Å². The SMILES string of the molecule is CCOC(=O)C(=O)c1c(Cl)ccc(OC)c1OC. The molecule has 1 rings (SSSR count). The quantitative estimate of drug-likeness (QED) is 0.467. The predicted molar refractivity (Wildman–Crippen MR) is 65.5 cm³/mol. The Morgan fingerprint density at radius 1 is 1.22 bits per heavy atom. The molecule has 98 valence electrons. The van der Waals surface area contributed by atoms with Gasteiger partial charge in [-0.15, -0.1) is 0 Å². The van der Waals surface area contributed by atoms with Crippen molar-refractivity contribution >= 4 is 23.4 Å². The van der Waals surface area contributed by atoms with Gasteiger partial charge in [-0.05, 0) is 19.1 Å². The van der Waals surface area contributed by atoms with Crippen LogP contribution in [-0.4, -0.2) is 32.6 Å². The number of Topliss-reactive ketones (excluding diaryl/α,β-unsaturated/α-hetero) is 1. The van der Waals surface area contributed by atoms with Gasteiger partial charge in [0.1, 0.15) is 0 Å². The van der Waals surface area contributed by atoms with Gasteiger partial charge in [0.2, 0.25) is 0 Å². The van der Waals surface area contributed by atoms with E-state index in [1.165, 1.54) is 20.3 Å². The minimum Gasteiger partial charge on any atom is -0.493 e. The van der Waals surface area contributed by atoms with E-state index in [1.807, 2.05) is 0 Å². The molecule has 0 aliphatic carbocycles. The summed E-state index contributed by atoms with van der Waals surface area (Å²) in [4.78, 5) is 23.3. The molecule has 0 fully saturated rings. The first-order valence-corrected chi connectivity index (χ1v) is 5.56. The third-order valence-corrected chi connectivity index (χ3v) is 2.50. The third-order valence-electron chi connectivity index (χ3n) is 2.18. The van der Waals surface area contributed by atoms with E-state index in [9.17, 15) is 9.59 Å². The fraction of sp³-hybridized carbons (Fsp3) is 0.333. The Kier molecular flexibility index (Phi) is 4.97. The number of benzene rings is 1. The molecule has 0 heterocycles. The van der Waals surface area contributed by atoms with Crippen molar-refractivity contribution in [3.05, 3.63) is 22.7 Å². The maximum absolute atomic E-state index is 11.9. The number of methoxy groups -OCH3 is 2. The Bertz CT molecular complexity index is 470. The molecule has 0 atom stereocenters. The van der Waals surface area contributed by atoms with Gasteiger partial charge in [0.25, 0.3) is 5.78 Å². The summed E-state index contributed by atoms with van der Waals surface area (Å²) >= 11 is 5.91. The van der Waals surface area contributed by atoms with E-state index in [0.29, 0.717) is 5.75 Å². The second-order valence-electron chi connectivity index (χ2n) is 3.21. The van der Waals surface area contributed by atoms with Crippen LogP contribution in [-0.2, 0) is 9.53 Å². The number of carbonyl (C=O) groups excluding carboxylic acids is 2. The predicted octanol–water partition coefficient (Wildman–Crippen LogP) is 2.10. The molecule has 0 saturated carbocycles. The van der Waals surface area contributed by atoms with E-state index < -0.39 is 11.8 Å². The first-order valence-electron chi connectivity index (χ1n) is 5.18. The average Bonchev–Trinajstić information content (AvgIpc) is 2.37. The fourth-order valence-corrected chi connectivity index (χ4v) is 1.65. The fourth-order valence-electron chi connectivity index (χ4n) is 1.41. The van der Waals surface area contributed by atoms with Crippen LogP contribution < -0.4 is 9.47 Å². The van der Waals surface area contributed by atoms with Crippen molar-refractivity contribution in [1.29, 1.82) is 0 Å². The van der Waals surface area contributed by atoms with Crippen LogP contribution in [0.4, 0.5) is 0 Å². The normalized spacial score (nSPS) is 9.78. The standard InChI is InChI=1S/C12H13ClO5/c1-4-18-12(15)10(14)9-7(13)5-6-8(16-2)11(9)17-3/h5-6H,4H2,1-3H3. The zero-order valence-electron chi connectivity index (χ0n) is 10.3. The van der Waals surface area contributed by atoms with Gasteiger partial charge in [0.05, 0.1) is 31.4 Å². The van der Waals surface area contributed by atoms with Crippen LogP contribution in [0.2, 0.25) is 5.02 Å². The van der Waals surface area contributed by atoms with E-state index in [2.05, 4.69) is 4.74 Å². The zero-order valence-corrected chi connectivity index (χ0v) is 11.0. The summed E-state index contributed by atoms with van der Waals surface area (Å²) in [5, 5.41) is 0.103. The Hall–Kier alpha value is -1.75. The van der Waals surface area contributed by atoms with Crippen molar-refractivity contribution in [2.24, 2.45) is 0 Å². The Morgan fingerprint density at radius 2 is 1.89 bits per heavy atom. The number of carbonyl (C=O) groups is 2. The summed E-state index contributed by atoms with van der Waals surface area (Å²) in [5.74, 6) is -1.42. The van der Waals surface area contributed by atoms with Gasteiger partial charge in [0, 0.05) is 0 Å². The highest BCUT2D eigenvalue weighted by Gasteiger charge is 2.26. The summed E-state index contributed by atoms with van der Waals surface area (Å²) in [5.41, 5.74) is -0.0584. The molecule has 1 aromatic rings. The Labute approximate surface area is 110 Å². The summed E-state index contributed by atoms with van der Waals surface area (Å²) in [6.07, 6.45) is 0. The molecule has 5 nitrogen and oxygen atoms in total. The second-order valence-corrected chi connectivity index (χ2v) is 3.61. The largest absolute Gasteiger partial charge is 0.493 e. The van der Waals surface area contributed by atoms with Crippen molar-refractivity contribution in [3.63, 3.8) is 0 Å². The number of rotatable bonds is 5. The molecular weight excluding hydrogens is 260 g/mol. The van der Waals surface area contributed by atoms with E-state index in [1.54, 1.807) is 13.0 Å². The minimum atomic E-state index is -0.981. The smallest absolute Gasteiger partial charge is 0.379 e. The van der Waals surface area contributed by atoms with Gasteiger partial charge in [-0.1, -0.05) is 11.6 Å². The number of ketones is 1. The van der Waals surface area contributed by atoms with Crippen molar-refractivity contribution in [2.75, 3.05) is 20.8 Å². The monoisotopic (exact) mass is 272 g/mol. The molecule has 0 radical (unpaired) electrons. The lowest BCUT2D eigenvalue weighted by atomic mass is 10.1. The van der Waals surface area contributed by atoms with Crippen molar-refractivity contribution in [2.45, 2.75) is 6.92 Å². The molecule has 0 aliphatic rings. The highest BCUT2D eigenvalue weighted by Crippen LogP contribution is 2.36. The number of ether oxygens (including phenoxy) is 3. The number of hydrogen-bond acceptors (Lipinski definition) is 5. The van der Waals surface area contributed by atoms with Crippen molar-refractivity contribution in [3.8, 4) is 11.5 Å². The Balaban J connectivity index is 3.29. The van der Waals surface area contributed by atoms with Gasteiger partial charge in [-0.3, -0.25) is 4.79 Å². The molecule has 18 heavy (non-hydrogen) atoms. The molecule has 0 unspecified atom stereocenters. The van der Waals surface area contributed by atoms with Crippen molar-refractivity contribution in [1.82, 2.24) is 0 Å². The third kappa shape index (κ3) is 2.73. The summed E-state index contributed by atoms with van der Waals surface area (Å²) in [6, 6.07) is 3.00. The highest BCUT2D eigenvalue weighted by molar-refractivity contribution is 6.46. The lowest BCUT2D eigenvalue weighted by Crippen LogP contribution is -2.19. The van der Waals surface area contributed by atoms with E-state index in [4.69, 9.17) is 21.1 Å². The lowest BCUT2D eigenvalue weighted by Gasteiger charge is -2.12. The van der Waals surface area contributed by atoms with E-state index in [-0.39, 0.29) is 22.9 Å². The van der Waals surface area contributed by atoms with E-state index in [0.717, 1.165) is 0 Å². The van der Waals surface area contributed by atoms with Crippen LogP contribution in [0.3, 0.4) is 0 Å². The first-order chi connectivity index (χ1) is 8.56. The van der Waals surface area contributed by atoms with Gasteiger partial charge in [0.15, 0.2) is 11.5 Å². The van der Waals surface area contributed by atoms with Crippen molar-refractivity contribution < 1.29 is 23.8 Å². The molecule has 0 N–H and O–H groups in total. The molecular formula is C12H13ClO5. The number of halogens is 1. The maximum Gasteiger partial charge on any atom is 0.379 e. The molecule has 0 spiro atoms. The van der Waals surface area contributed by atoms with Gasteiger partial charge in [-0.25, -0.2) is 4.79 Å². The summed E-state index contributed by atoms with van der Waals surface area (Å²) < 4.78 is 14.7. The zero-order chi connectivity index (χ0) is 13.7. The molecule has 0 bridgehead atoms. The number of esters is 1. The second kappa shape index (κ2) is 6.26. The molecule has 0 amide bonds. The molecule has 1 aromatic carbocycles. The summed E-state index contributed by atoms with van der Waals surface area (Å²) in [6.45, 7) is 1.71. The highest BCUT2D eigenvalue weighted by atomic mass is 35.5. The van der Waals surface area contributed by atoms with Gasteiger partial charge >= 0.3 is 5.97 Å². The average molecular weight is 273 g/mol. The van der Waals surface area contributed by atoms with Crippen LogP contribution in [0.1, 0.15) is 17.3 Å². The Morgan fingerprint density at radius 3 is 2.39 bits per heavy atom. The van der Waals surface area contributed by atoms with Crippen LogP contribution >= 0.6 is 11.6 Å². The summed E-state index contributed by atoms with van der Waals surface area (Å²) in [7, 11) is 2.78. The van der Waals surface area contributed by atoms with Gasteiger partial charge in [-0.2, -0.15) is 0 Å². The maximum atomic E-state index is 11.9. The number of hydrogen-bond donors (Lipinski definition) is 0. The molecule has 0 saturated heterocycles. The molecule has 6 heteroatoms. The molecule has 0 aliphatic heterocycles. The van der Waals surface area contributed by atoms with Crippen LogP contribution in [0.25, 0.3) is 0 Å². The first kappa shape index (κ1) is 14.3. The van der Waals surface area contributed by atoms with Crippen LogP contribution in [0.15, 0.2) is 12.1 Å². The van der Waals surface area contributed by atoms with Crippen LogP contribution in [0, 0.1) is 0 Å². The minimum absolute atomic E-state index is 0.0584. The lowest BCUT2D eigenvalue weighted by molar-refractivity contribution is -0.137. The van der Waals surface area contributed by atoms with Gasteiger partial charge < -0.3 is 14.2 Å². The molecule has 0 aromatic heterocycles.